The van der Waals surface area contributed by atoms with Crippen molar-refractivity contribution < 1.29 is 9.59 Å². The Morgan fingerprint density at radius 3 is 1.76 bits per heavy atom. The van der Waals surface area contributed by atoms with Crippen LogP contribution in [0.4, 0.5) is 0 Å². The van der Waals surface area contributed by atoms with Crippen molar-refractivity contribution in [3.63, 3.8) is 0 Å². The zero-order valence-electron chi connectivity index (χ0n) is 24.4. The molecule has 0 saturated carbocycles. The van der Waals surface area contributed by atoms with Crippen molar-refractivity contribution >= 4 is 46.1 Å². The number of carbonyl (C=O) groups is 2. The largest absolute Gasteiger partial charge is 0.374 e. The minimum Gasteiger partial charge on any atom is -0.374 e. The molecular weight excluding hydrogens is 498 g/mol. The average molecular weight is 556 g/mol. The zero-order valence-corrected chi connectivity index (χ0v) is 26.1. The van der Waals surface area contributed by atoms with E-state index < -0.39 is 0 Å². The van der Waals surface area contributed by atoms with Crippen molar-refractivity contribution in [3.8, 4) is 0 Å². The summed E-state index contributed by atoms with van der Waals surface area (Å²) in [6, 6.07) is 0. The van der Waals surface area contributed by atoms with Crippen LogP contribution in [0.1, 0.15) is 137 Å². The van der Waals surface area contributed by atoms with E-state index >= 15 is 0 Å². The summed E-state index contributed by atoms with van der Waals surface area (Å²) >= 11 is 10.9. The highest BCUT2D eigenvalue weighted by molar-refractivity contribution is 7.89. The lowest BCUT2D eigenvalue weighted by atomic mass is 9.96. The molecule has 0 aliphatic carbocycles. The predicted octanol–water partition coefficient (Wildman–Crippen LogP) is 7.45. The van der Waals surface area contributed by atoms with E-state index in [9.17, 15) is 9.59 Å². The van der Waals surface area contributed by atoms with Crippen molar-refractivity contribution in [2.75, 3.05) is 19.6 Å². The molecule has 0 radical (unpaired) electrons. The molecule has 2 atom stereocenters. The maximum atomic E-state index is 12.1. The third kappa shape index (κ3) is 23.7. The van der Waals surface area contributed by atoms with Gasteiger partial charge in [-0.2, -0.15) is 0 Å². The van der Waals surface area contributed by atoms with E-state index in [1.54, 1.807) is 0 Å². The Balaban J connectivity index is 3.75. The van der Waals surface area contributed by atoms with Crippen molar-refractivity contribution in [3.05, 3.63) is 0 Å². The van der Waals surface area contributed by atoms with E-state index in [1.807, 2.05) is 0 Å². The van der Waals surface area contributed by atoms with E-state index in [0.29, 0.717) is 40.4 Å². The molecule has 1 amide bonds. The highest BCUT2D eigenvalue weighted by Crippen LogP contribution is 2.14. The molecule has 0 aromatic rings. The molecule has 0 heterocycles. The highest BCUT2D eigenvalue weighted by Gasteiger charge is 2.11. The average Bonchev–Trinajstić information content (AvgIpc) is 2.87. The van der Waals surface area contributed by atoms with Gasteiger partial charge in [-0.3, -0.25) is 9.59 Å². The van der Waals surface area contributed by atoms with Crippen LogP contribution in [0.3, 0.4) is 0 Å². The normalized spacial score (nSPS) is 12.5. The van der Waals surface area contributed by atoms with Crippen LogP contribution in [0.15, 0.2) is 0 Å². The highest BCUT2D eigenvalue weighted by atomic mass is 32.1. The Bertz CT molecular complexity index is 628. The zero-order chi connectivity index (χ0) is 27.7. The molecule has 0 aliphatic rings. The van der Waals surface area contributed by atoms with Gasteiger partial charge in [0.15, 0.2) is 0 Å². The smallest absolute Gasteiger partial charge is 0.219 e. The van der Waals surface area contributed by atoms with Gasteiger partial charge in [0.25, 0.3) is 0 Å². The predicted molar refractivity (Wildman–Crippen MR) is 167 cm³/mol. The monoisotopic (exact) mass is 555 g/mol. The van der Waals surface area contributed by atoms with E-state index in [0.717, 1.165) is 71.0 Å². The van der Waals surface area contributed by atoms with Gasteiger partial charge in [0.1, 0.15) is 15.8 Å². The maximum Gasteiger partial charge on any atom is 0.219 e. The van der Waals surface area contributed by atoms with Crippen LogP contribution in [0, 0.1) is 11.8 Å². The van der Waals surface area contributed by atoms with Crippen LogP contribution in [0.5, 0.6) is 0 Å². The molecule has 2 unspecified atom stereocenters. The van der Waals surface area contributed by atoms with Crippen molar-refractivity contribution in [1.82, 2.24) is 16.0 Å². The number of Topliss-reactive ketones (excluding diaryl/α,β-unsaturated/α-hetero) is 1. The van der Waals surface area contributed by atoms with Gasteiger partial charge in [-0.1, -0.05) is 103 Å². The number of hydrogen-bond donors (Lipinski definition) is 3. The minimum atomic E-state index is 0.179. The molecule has 37 heavy (non-hydrogen) atoms. The van der Waals surface area contributed by atoms with Crippen LogP contribution < -0.4 is 16.0 Å². The van der Waals surface area contributed by atoms with Gasteiger partial charge >= 0.3 is 0 Å². The number of hydrogen-bond acceptors (Lipinski definition) is 4. The molecule has 5 nitrogen and oxygen atoms in total. The van der Waals surface area contributed by atoms with Gasteiger partial charge in [0.2, 0.25) is 5.91 Å². The second-order valence-electron chi connectivity index (χ2n) is 10.9. The Morgan fingerprint density at radius 1 is 0.622 bits per heavy atom. The molecule has 7 heteroatoms. The van der Waals surface area contributed by atoms with Crippen molar-refractivity contribution in [2.45, 2.75) is 137 Å². The summed E-state index contributed by atoms with van der Waals surface area (Å²) in [4.78, 5) is 25.2. The van der Waals surface area contributed by atoms with E-state index in [2.05, 4.69) is 43.6 Å². The lowest BCUT2D eigenvalue weighted by Crippen LogP contribution is -2.39. The summed E-state index contributed by atoms with van der Waals surface area (Å²) in [5, 5.41) is 9.58. The van der Waals surface area contributed by atoms with Crippen LogP contribution >= 0.6 is 24.4 Å². The summed E-state index contributed by atoms with van der Waals surface area (Å²) in [6.07, 6.45) is 17.9. The number of thiocarbonyl (C=S) groups is 2. The van der Waals surface area contributed by atoms with E-state index in [-0.39, 0.29) is 5.91 Å². The van der Waals surface area contributed by atoms with Crippen LogP contribution in [-0.2, 0) is 9.59 Å². The quantitative estimate of drug-likeness (QED) is 0.0849. The molecule has 216 valence electrons. The van der Waals surface area contributed by atoms with Gasteiger partial charge in [-0.15, -0.1) is 0 Å². The van der Waals surface area contributed by atoms with Crippen LogP contribution in [0.2, 0.25) is 0 Å². The number of ketones is 1. The molecule has 0 aromatic carbocycles. The number of unbranched alkanes of at least 4 members (excludes halogenated alkanes) is 8. The standard InChI is InChI=1S/C30H57N3O2S2/c1-5-7-9-11-13-19-27(34)23-25(3)17-15-22-32-29(36)30(37)33-24-26(4)18-16-21-31-28(35)20-14-12-10-8-6-2/h25-26H,5-24H2,1-4H3,(H,31,35)(H,32,36)(H,33,37). The topological polar surface area (TPSA) is 70.2 Å². The molecule has 0 aromatic heterocycles. The first kappa shape index (κ1) is 35.9. The van der Waals surface area contributed by atoms with Crippen molar-refractivity contribution in [1.29, 1.82) is 0 Å². The number of rotatable bonds is 24. The fourth-order valence-electron chi connectivity index (χ4n) is 4.36. The van der Waals surface area contributed by atoms with Gasteiger partial charge in [0.05, 0.1) is 0 Å². The number of nitrogens with one attached hydrogen (secondary N) is 3. The van der Waals surface area contributed by atoms with Gasteiger partial charge < -0.3 is 16.0 Å². The first-order valence-corrected chi connectivity index (χ1v) is 16.0. The van der Waals surface area contributed by atoms with E-state index in [1.165, 1.54) is 44.9 Å². The summed E-state index contributed by atoms with van der Waals surface area (Å²) in [6.45, 7) is 11.1. The van der Waals surface area contributed by atoms with Crippen LogP contribution in [0.25, 0.3) is 0 Å². The first-order valence-electron chi connectivity index (χ1n) is 15.1. The van der Waals surface area contributed by atoms with Crippen molar-refractivity contribution in [2.24, 2.45) is 11.8 Å². The van der Waals surface area contributed by atoms with Gasteiger partial charge in [-0.25, -0.2) is 0 Å². The fraction of sp³-hybridized carbons (Fsp3) is 0.867. The summed E-state index contributed by atoms with van der Waals surface area (Å²) in [5.41, 5.74) is 0. The Kier molecular flexibility index (Phi) is 24.5. The Morgan fingerprint density at radius 2 is 1.14 bits per heavy atom. The fourth-order valence-corrected chi connectivity index (χ4v) is 4.69. The lowest BCUT2D eigenvalue weighted by molar-refractivity contribution is -0.121. The lowest BCUT2D eigenvalue weighted by Gasteiger charge is -2.16. The number of carbonyl (C=O) groups excluding carboxylic acids is 2. The summed E-state index contributed by atoms with van der Waals surface area (Å²) in [5.74, 6) is 1.46. The SMILES string of the molecule is CCCCCCCC(=O)CC(C)CCCNC(=S)C(=S)NCC(C)CCCNC(=O)CCCCCCC. The third-order valence-corrected chi connectivity index (χ3v) is 7.64. The molecular formula is C30H57N3O2S2. The second kappa shape index (κ2) is 25.2. The summed E-state index contributed by atoms with van der Waals surface area (Å²) in [7, 11) is 0. The maximum absolute atomic E-state index is 12.1. The molecule has 0 aliphatic heterocycles. The first-order chi connectivity index (χ1) is 17.8. The number of amides is 1. The second-order valence-corrected chi connectivity index (χ2v) is 11.7. The Labute approximate surface area is 239 Å². The molecule has 0 fully saturated rings. The van der Waals surface area contributed by atoms with Gasteiger partial charge in [0, 0.05) is 38.9 Å². The molecule has 0 rings (SSSR count). The van der Waals surface area contributed by atoms with Gasteiger partial charge in [-0.05, 0) is 50.4 Å². The third-order valence-electron chi connectivity index (χ3n) is 6.82. The van der Waals surface area contributed by atoms with Crippen LogP contribution in [-0.4, -0.2) is 41.3 Å². The molecule has 0 bridgehead atoms. The molecule has 3 N–H and O–H groups in total. The minimum absolute atomic E-state index is 0.179. The molecule has 0 spiro atoms. The van der Waals surface area contributed by atoms with E-state index in [4.69, 9.17) is 24.4 Å². The summed E-state index contributed by atoms with van der Waals surface area (Å²) < 4.78 is 0. The molecule has 0 saturated heterocycles. The Hall–Kier alpha value is -1.08.